The molecule has 0 rings (SSSR count). The molecule has 0 spiro atoms. The molecule has 0 aliphatic rings. The maximum atomic E-state index is 11.3. The topological polar surface area (TPSA) is 80.3 Å². The minimum atomic E-state index is -1.90. The van der Waals surface area contributed by atoms with E-state index in [1.807, 2.05) is 0 Å². The second-order valence-corrected chi connectivity index (χ2v) is 5.89. The number of carboxylic acids is 2. The number of carbonyl (C=O) groups is 2. The van der Waals surface area contributed by atoms with Gasteiger partial charge >= 0.3 is 37.7 Å². The van der Waals surface area contributed by atoms with Gasteiger partial charge in [0.2, 0.25) is 0 Å². The van der Waals surface area contributed by atoms with Gasteiger partial charge in [-0.15, -0.1) is 0 Å². The Morgan fingerprint density at radius 2 is 1.32 bits per heavy atom. The van der Waals surface area contributed by atoms with E-state index in [-0.39, 0.29) is 44.2 Å². The Labute approximate surface area is 146 Å². The van der Waals surface area contributed by atoms with Crippen LogP contribution in [0.5, 0.6) is 0 Å². The van der Waals surface area contributed by atoms with E-state index in [1.54, 1.807) is 20.8 Å². The van der Waals surface area contributed by atoms with Gasteiger partial charge in [-0.2, -0.15) is 0 Å². The summed E-state index contributed by atoms with van der Waals surface area (Å²) in [5.41, 5.74) is -2.82. The van der Waals surface area contributed by atoms with E-state index in [4.69, 9.17) is 0 Å². The molecule has 106 valence electrons. The molecule has 0 aromatic heterocycles. The second kappa shape index (κ2) is 9.19. The van der Waals surface area contributed by atoms with Crippen LogP contribution in [-0.2, 0) is 9.59 Å². The summed E-state index contributed by atoms with van der Waals surface area (Å²) in [6.07, 6.45) is 4.65. The van der Waals surface area contributed by atoms with Gasteiger partial charge in [0.25, 0.3) is 0 Å². The molecular formula is C14H24CaO4. The zero-order chi connectivity index (χ0) is 14.4. The van der Waals surface area contributed by atoms with Crippen molar-refractivity contribution < 1.29 is 19.8 Å². The number of rotatable bonds is 8. The van der Waals surface area contributed by atoms with Crippen molar-refractivity contribution in [1.29, 1.82) is 0 Å². The summed E-state index contributed by atoms with van der Waals surface area (Å²) < 4.78 is 0. The first-order chi connectivity index (χ1) is 8.20. The van der Waals surface area contributed by atoms with E-state index >= 15 is 0 Å². The van der Waals surface area contributed by atoms with Crippen molar-refractivity contribution in [3.8, 4) is 0 Å². The Bertz CT molecular complexity index is 280. The summed E-state index contributed by atoms with van der Waals surface area (Å²) in [6.45, 7) is 6.89. The Hall–Kier alpha value is 0.200. The van der Waals surface area contributed by atoms with Crippen molar-refractivity contribution in [2.24, 2.45) is 10.8 Å². The van der Waals surface area contributed by atoms with Crippen LogP contribution >= 0.6 is 0 Å². The van der Waals surface area contributed by atoms with Crippen molar-refractivity contribution in [2.75, 3.05) is 0 Å². The van der Waals surface area contributed by atoms with E-state index in [2.05, 4.69) is 6.92 Å². The van der Waals surface area contributed by atoms with Gasteiger partial charge in [0, 0.05) is 0 Å². The van der Waals surface area contributed by atoms with Crippen LogP contribution < -0.4 is 10.2 Å². The molecule has 0 saturated carbocycles. The summed E-state index contributed by atoms with van der Waals surface area (Å²) >= 11 is 0. The molecule has 0 aromatic rings. The smallest absolute Gasteiger partial charge is 0.549 e. The van der Waals surface area contributed by atoms with Crippen LogP contribution in [0.15, 0.2) is 0 Å². The first-order valence-corrected chi connectivity index (χ1v) is 6.63. The zero-order valence-corrected chi connectivity index (χ0v) is 14.8. The molecule has 0 radical (unpaired) electrons. The minimum absolute atomic E-state index is 0. The number of hydrogen-bond donors (Lipinski definition) is 0. The molecule has 5 heteroatoms. The molecule has 0 unspecified atom stereocenters. The molecule has 0 amide bonds. The third kappa shape index (κ3) is 5.60. The van der Waals surface area contributed by atoms with Gasteiger partial charge in [-0.1, -0.05) is 59.8 Å². The summed E-state index contributed by atoms with van der Waals surface area (Å²) in [5.74, 6) is -3.07. The van der Waals surface area contributed by atoms with Crippen LogP contribution in [0.25, 0.3) is 0 Å². The fourth-order valence-electron chi connectivity index (χ4n) is 2.27. The summed E-state index contributed by atoms with van der Waals surface area (Å²) in [7, 11) is 0. The fourth-order valence-corrected chi connectivity index (χ4v) is 2.27. The number of unbranched alkanes of at least 4 members (excludes halogenated alkanes) is 4. The van der Waals surface area contributed by atoms with Crippen LogP contribution in [0.2, 0.25) is 0 Å². The molecule has 0 saturated heterocycles. The van der Waals surface area contributed by atoms with Crippen LogP contribution in [0.1, 0.15) is 66.2 Å². The van der Waals surface area contributed by atoms with Gasteiger partial charge in [-0.05, 0) is 11.8 Å². The first-order valence-electron chi connectivity index (χ1n) is 6.63. The Kier molecular flexibility index (Phi) is 10.4. The number of aliphatic carboxylic acids is 2. The van der Waals surface area contributed by atoms with Crippen LogP contribution in [0.3, 0.4) is 0 Å². The molecule has 4 nitrogen and oxygen atoms in total. The molecule has 0 bridgehead atoms. The van der Waals surface area contributed by atoms with Gasteiger partial charge in [-0.25, -0.2) is 0 Å². The van der Waals surface area contributed by atoms with Gasteiger partial charge in [-0.3, -0.25) is 0 Å². The monoisotopic (exact) mass is 296 g/mol. The standard InChI is InChI=1S/C14H26O4.Ca/c1-5-6-7-8-9-10-14(11(15)16,12(17)18)13(2,3)4;/h5-10H2,1-4H3,(H,15,16)(H,17,18);/q;+2/p-2. The summed E-state index contributed by atoms with van der Waals surface area (Å²) in [6, 6.07) is 0. The van der Waals surface area contributed by atoms with Crippen LogP contribution in [0, 0.1) is 10.8 Å². The molecule has 0 fully saturated rings. The molecule has 0 aliphatic carbocycles. The second-order valence-electron chi connectivity index (χ2n) is 5.89. The maximum Gasteiger partial charge on any atom is 2.00 e. The normalized spacial score (nSPS) is 11.8. The Balaban J connectivity index is 0. The van der Waals surface area contributed by atoms with E-state index in [0.717, 1.165) is 25.7 Å². The van der Waals surface area contributed by atoms with E-state index in [9.17, 15) is 19.8 Å². The van der Waals surface area contributed by atoms with Gasteiger partial charge in [0.1, 0.15) is 0 Å². The van der Waals surface area contributed by atoms with E-state index in [1.165, 1.54) is 0 Å². The third-order valence-electron chi connectivity index (χ3n) is 3.63. The van der Waals surface area contributed by atoms with Crippen LogP contribution in [-0.4, -0.2) is 49.7 Å². The molecule has 0 aromatic carbocycles. The van der Waals surface area contributed by atoms with Crippen molar-refractivity contribution in [3.05, 3.63) is 0 Å². The molecule has 0 N–H and O–H groups in total. The Morgan fingerprint density at radius 3 is 1.63 bits per heavy atom. The first kappa shape index (κ1) is 21.5. The number of carboxylic acid groups (broad SMARTS) is 2. The van der Waals surface area contributed by atoms with Crippen molar-refractivity contribution >= 4 is 49.7 Å². The SMILES string of the molecule is CCCCCCCC(C(=O)[O-])(C(=O)[O-])C(C)(C)C.[Ca+2]. The van der Waals surface area contributed by atoms with E-state index < -0.39 is 22.8 Å². The van der Waals surface area contributed by atoms with Gasteiger partial charge < -0.3 is 19.8 Å². The van der Waals surface area contributed by atoms with Gasteiger partial charge in [0.15, 0.2) is 0 Å². The zero-order valence-electron chi connectivity index (χ0n) is 12.6. The van der Waals surface area contributed by atoms with Crippen molar-refractivity contribution in [3.63, 3.8) is 0 Å². The average Bonchev–Trinajstić information content (AvgIpc) is 2.20. The van der Waals surface area contributed by atoms with Gasteiger partial charge in [0.05, 0.1) is 17.4 Å². The Morgan fingerprint density at radius 1 is 0.895 bits per heavy atom. The number of hydrogen-bond acceptors (Lipinski definition) is 4. The van der Waals surface area contributed by atoms with Crippen molar-refractivity contribution in [1.82, 2.24) is 0 Å². The summed E-state index contributed by atoms with van der Waals surface area (Å²) in [5, 5.41) is 22.6. The third-order valence-corrected chi connectivity index (χ3v) is 3.63. The predicted molar refractivity (Wildman–Crippen MR) is 71.0 cm³/mol. The minimum Gasteiger partial charge on any atom is -0.549 e. The van der Waals surface area contributed by atoms with E-state index in [0.29, 0.717) is 6.42 Å². The van der Waals surface area contributed by atoms with Crippen molar-refractivity contribution in [2.45, 2.75) is 66.2 Å². The fraction of sp³-hybridized carbons (Fsp3) is 0.857. The predicted octanol–water partition coefficient (Wildman–Crippen LogP) is 0.498. The van der Waals surface area contributed by atoms with Crippen LogP contribution in [0.4, 0.5) is 0 Å². The number of carbonyl (C=O) groups excluding carboxylic acids is 2. The molecule has 19 heavy (non-hydrogen) atoms. The maximum absolute atomic E-state index is 11.3. The molecule has 0 atom stereocenters. The summed E-state index contributed by atoms with van der Waals surface area (Å²) in [4.78, 5) is 22.6. The molecule has 0 heterocycles. The quantitative estimate of drug-likeness (QED) is 0.371. The largest absolute Gasteiger partial charge is 2.00 e. The molecule has 0 aliphatic heterocycles. The average molecular weight is 296 g/mol. The molecular weight excluding hydrogens is 272 g/mol.